The van der Waals surface area contributed by atoms with E-state index in [0.717, 1.165) is 5.56 Å². The van der Waals surface area contributed by atoms with Gasteiger partial charge in [-0.25, -0.2) is 0 Å². The third-order valence-electron chi connectivity index (χ3n) is 3.38. The number of benzene rings is 1. The summed E-state index contributed by atoms with van der Waals surface area (Å²) in [5.41, 5.74) is 0.602. The SMILES string of the molecule is Cc1ccc(S(=O)(=O)OC(C2COCO2)C(C)(C)C)cc1. The van der Waals surface area contributed by atoms with Crippen LogP contribution < -0.4 is 0 Å². The summed E-state index contributed by atoms with van der Waals surface area (Å²) in [6, 6.07) is 6.60. The Morgan fingerprint density at radius 2 is 1.86 bits per heavy atom. The van der Waals surface area contributed by atoms with Crippen molar-refractivity contribution in [2.24, 2.45) is 5.41 Å². The molecule has 1 heterocycles. The lowest BCUT2D eigenvalue weighted by Gasteiger charge is -2.33. The minimum Gasteiger partial charge on any atom is -0.353 e. The zero-order chi connectivity index (χ0) is 15.7. The lowest BCUT2D eigenvalue weighted by molar-refractivity contribution is -0.0386. The summed E-state index contributed by atoms with van der Waals surface area (Å²) >= 11 is 0. The van der Waals surface area contributed by atoms with E-state index in [9.17, 15) is 8.42 Å². The van der Waals surface area contributed by atoms with Crippen molar-refractivity contribution >= 4 is 10.1 Å². The lowest BCUT2D eigenvalue weighted by atomic mass is 9.86. The molecule has 0 radical (unpaired) electrons. The van der Waals surface area contributed by atoms with E-state index in [4.69, 9.17) is 13.7 Å². The zero-order valence-electron chi connectivity index (χ0n) is 12.8. The van der Waals surface area contributed by atoms with Crippen LogP contribution in [0.2, 0.25) is 0 Å². The Morgan fingerprint density at radius 3 is 2.33 bits per heavy atom. The van der Waals surface area contributed by atoms with E-state index >= 15 is 0 Å². The molecule has 1 aromatic rings. The van der Waals surface area contributed by atoms with Gasteiger partial charge in [-0.1, -0.05) is 38.5 Å². The first-order chi connectivity index (χ1) is 9.70. The molecule has 1 aliphatic heterocycles. The normalized spacial score (nSPS) is 21.4. The largest absolute Gasteiger partial charge is 0.353 e. The van der Waals surface area contributed by atoms with Gasteiger partial charge in [0.25, 0.3) is 10.1 Å². The molecule has 0 aromatic heterocycles. The summed E-state index contributed by atoms with van der Waals surface area (Å²) in [6.45, 7) is 8.17. The predicted octanol–water partition coefficient (Wildman–Crippen LogP) is 2.49. The van der Waals surface area contributed by atoms with E-state index in [1.165, 1.54) is 0 Å². The second kappa shape index (κ2) is 6.04. The van der Waals surface area contributed by atoms with E-state index in [1.54, 1.807) is 24.3 Å². The van der Waals surface area contributed by atoms with Crippen molar-refractivity contribution in [1.29, 1.82) is 0 Å². The predicted molar refractivity (Wildman–Crippen MR) is 78.4 cm³/mol. The smallest absolute Gasteiger partial charge is 0.297 e. The molecule has 2 unspecified atom stereocenters. The van der Waals surface area contributed by atoms with Gasteiger partial charge in [0.05, 0.1) is 11.5 Å². The topological polar surface area (TPSA) is 61.8 Å². The molecule has 1 aliphatic rings. The van der Waals surface area contributed by atoms with Crippen LogP contribution in [-0.2, 0) is 23.8 Å². The molecule has 6 heteroatoms. The molecule has 0 N–H and O–H groups in total. The van der Waals surface area contributed by atoms with Gasteiger partial charge in [-0.2, -0.15) is 8.42 Å². The summed E-state index contributed by atoms with van der Waals surface area (Å²) in [5.74, 6) is 0. The first-order valence-corrected chi connectivity index (χ1v) is 8.30. The van der Waals surface area contributed by atoms with Gasteiger partial charge in [0, 0.05) is 0 Å². The zero-order valence-corrected chi connectivity index (χ0v) is 13.6. The van der Waals surface area contributed by atoms with E-state index in [2.05, 4.69) is 0 Å². The average molecular weight is 314 g/mol. The summed E-state index contributed by atoms with van der Waals surface area (Å²) in [5, 5.41) is 0. The molecule has 0 amide bonds. The van der Waals surface area contributed by atoms with Gasteiger partial charge in [-0.3, -0.25) is 4.18 Å². The summed E-state index contributed by atoms with van der Waals surface area (Å²) in [6.07, 6.45) is -0.989. The Balaban J connectivity index is 2.24. The Kier molecular flexibility index (Phi) is 4.72. The molecule has 21 heavy (non-hydrogen) atoms. The Bertz CT molecular complexity index is 565. The maximum atomic E-state index is 12.4. The molecule has 1 aromatic carbocycles. The van der Waals surface area contributed by atoms with Crippen LogP contribution >= 0.6 is 0 Å². The van der Waals surface area contributed by atoms with Crippen molar-refractivity contribution < 1.29 is 22.1 Å². The maximum absolute atomic E-state index is 12.4. The Labute approximate surface area is 126 Å². The molecule has 118 valence electrons. The summed E-state index contributed by atoms with van der Waals surface area (Å²) < 4.78 is 41.0. The van der Waals surface area contributed by atoms with Gasteiger partial charge in [-0.05, 0) is 24.5 Å². The molecule has 0 bridgehead atoms. The van der Waals surface area contributed by atoms with Crippen LogP contribution in [0.4, 0.5) is 0 Å². The molecule has 1 saturated heterocycles. The Hall–Kier alpha value is -0.950. The van der Waals surface area contributed by atoms with Gasteiger partial charge in [0.1, 0.15) is 19.0 Å². The minimum absolute atomic E-state index is 0.154. The average Bonchev–Trinajstić information content (AvgIpc) is 2.88. The Morgan fingerprint density at radius 1 is 1.24 bits per heavy atom. The fraction of sp³-hybridized carbons (Fsp3) is 0.600. The minimum atomic E-state index is -3.83. The molecule has 0 saturated carbocycles. The first kappa shape index (κ1) is 16.4. The van der Waals surface area contributed by atoms with Crippen molar-refractivity contribution in [3.8, 4) is 0 Å². The highest BCUT2D eigenvalue weighted by molar-refractivity contribution is 7.86. The molecule has 5 nitrogen and oxygen atoms in total. The van der Waals surface area contributed by atoms with Crippen LogP contribution in [0.25, 0.3) is 0 Å². The number of rotatable bonds is 4. The van der Waals surface area contributed by atoms with Crippen molar-refractivity contribution in [1.82, 2.24) is 0 Å². The third-order valence-corrected chi connectivity index (χ3v) is 4.69. The number of aryl methyl sites for hydroxylation is 1. The van der Waals surface area contributed by atoms with Crippen molar-refractivity contribution in [2.45, 2.75) is 44.8 Å². The van der Waals surface area contributed by atoms with Gasteiger partial charge in [0.15, 0.2) is 0 Å². The molecular weight excluding hydrogens is 292 g/mol. The lowest BCUT2D eigenvalue weighted by Crippen LogP contribution is -2.42. The number of ether oxygens (including phenoxy) is 2. The molecule has 2 atom stereocenters. The van der Waals surface area contributed by atoms with Gasteiger partial charge in [-0.15, -0.1) is 0 Å². The second-order valence-corrected chi connectivity index (χ2v) is 7.92. The van der Waals surface area contributed by atoms with Crippen molar-refractivity contribution in [3.05, 3.63) is 29.8 Å². The van der Waals surface area contributed by atoms with Crippen molar-refractivity contribution in [3.63, 3.8) is 0 Å². The highest BCUT2D eigenvalue weighted by Crippen LogP contribution is 2.31. The molecule has 0 aliphatic carbocycles. The van der Waals surface area contributed by atoms with Gasteiger partial charge >= 0.3 is 0 Å². The van der Waals surface area contributed by atoms with E-state index in [1.807, 2.05) is 27.7 Å². The van der Waals surface area contributed by atoms with Crippen LogP contribution in [0.3, 0.4) is 0 Å². The number of hydrogen-bond acceptors (Lipinski definition) is 5. The van der Waals surface area contributed by atoms with Gasteiger partial charge < -0.3 is 9.47 Å². The van der Waals surface area contributed by atoms with Crippen LogP contribution in [-0.4, -0.2) is 34.0 Å². The molecule has 0 spiro atoms. The molecule has 1 fully saturated rings. The highest BCUT2D eigenvalue weighted by atomic mass is 32.2. The van der Waals surface area contributed by atoms with Crippen LogP contribution in [0.5, 0.6) is 0 Å². The fourth-order valence-electron chi connectivity index (χ4n) is 2.18. The van der Waals surface area contributed by atoms with E-state index < -0.39 is 21.6 Å². The summed E-state index contributed by atoms with van der Waals surface area (Å²) in [7, 11) is -3.83. The quantitative estimate of drug-likeness (QED) is 0.799. The molecular formula is C15H22O5S. The fourth-order valence-corrected chi connectivity index (χ4v) is 3.45. The molecule has 2 rings (SSSR count). The first-order valence-electron chi connectivity index (χ1n) is 6.89. The third kappa shape index (κ3) is 4.03. The van der Waals surface area contributed by atoms with Crippen LogP contribution in [0.1, 0.15) is 26.3 Å². The van der Waals surface area contributed by atoms with Gasteiger partial charge in [0.2, 0.25) is 0 Å². The van der Waals surface area contributed by atoms with Crippen LogP contribution in [0.15, 0.2) is 29.2 Å². The highest BCUT2D eigenvalue weighted by Gasteiger charge is 2.40. The maximum Gasteiger partial charge on any atom is 0.297 e. The van der Waals surface area contributed by atoms with E-state index in [-0.39, 0.29) is 17.8 Å². The van der Waals surface area contributed by atoms with Crippen molar-refractivity contribution in [2.75, 3.05) is 13.4 Å². The van der Waals surface area contributed by atoms with E-state index in [0.29, 0.717) is 6.61 Å². The monoisotopic (exact) mass is 314 g/mol. The van der Waals surface area contributed by atoms with Crippen LogP contribution in [0, 0.1) is 12.3 Å². The standard InChI is InChI=1S/C15H22O5S/c1-11-5-7-12(8-6-11)21(16,17)20-14(15(2,3)4)13-9-18-10-19-13/h5-8,13-14H,9-10H2,1-4H3. The summed E-state index contributed by atoms with van der Waals surface area (Å²) in [4.78, 5) is 0.154. The second-order valence-electron chi connectivity index (χ2n) is 6.34. The number of hydrogen-bond donors (Lipinski definition) is 0.